The van der Waals surface area contributed by atoms with Crippen LogP contribution in [0, 0.1) is 11.6 Å². The first-order chi connectivity index (χ1) is 12.2. The summed E-state index contributed by atoms with van der Waals surface area (Å²) in [6, 6.07) is 4.58. The second-order valence-electron chi connectivity index (χ2n) is 5.48. The number of anilines is 1. The van der Waals surface area contributed by atoms with E-state index in [1.54, 1.807) is 6.92 Å². The molecule has 9 heteroatoms. The standard InChI is InChI=1S/C17H12F5N3O/c1-2-12-15(16(26)24-13-5-4-10(18)7-11(13)19)25-8-9(17(20,21)22)3-6-14(25)23-12/h3-8H,2H2,1H3,(H,24,26). The average Bonchev–Trinajstić information content (AvgIpc) is 2.94. The molecular weight excluding hydrogens is 357 g/mol. The summed E-state index contributed by atoms with van der Waals surface area (Å²) in [5, 5.41) is 2.24. The van der Waals surface area contributed by atoms with Crippen LogP contribution >= 0.6 is 0 Å². The maximum atomic E-state index is 13.7. The van der Waals surface area contributed by atoms with Crippen LogP contribution in [0.4, 0.5) is 27.6 Å². The molecule has 1 N–H and O–H groups in total. The van der Waals surface area contributed by atoms with Gasteiger partial charge in [0.05, 0.1) is 16.9 Å². The first-order valence-corrected chi connectivity index (χ1v) is 7.55. The van der Waals surface area contributed by atoms with Gasteiger partial charge in [-0.3, -0.25) is 9.20 Å². The molecule has 0 aliphatic heterocycles. The molecule has 2 heterocycles. The lowest BCUT2D eigenvalue weighted by Gasteiger charge is -2.10. The van der Waals surface area contributed by atoms with Crippen molar-refractivity contribution in [1.29, 1.82) is 0 Å². The van der Waals surface area contributed by atoms with Crippen LogP contribution in [0.1, 0.15) is 28.7 Å². The predicted molar refractivity (Wildman–Crippen MR) is 83.9 cm³/mol. The molecule has 0 fully saturated rings. The van der Waals surface area contributed by atoms with E-state index in [2.05, 4.69) is 10.3 Å². The van der Waals surface area contributed by atoms with Crippen LogP contribution in [0.15, 0.2) is 36.5 Å². The van der Waals surface area contributed by atoms with Gasteiger partial charge in [0, 0.05) is 12.3 Å². The molecule has 2 aromatic heterocycles. The number of pyridine rings is 1. The van der Waals surface area contributed by atoms with Gasteiger partial charge < -0.3 is 5.32 Å². The molecule has 0 saturated carbocycles. The summed E-state index contributed by atoms with van der Waals surface area (Å²) >= 11 is 0. The lowest BCUT2D eigenvalue weighted by atomic mass is 10.2. The number of aromatic nitrogens is 2. The van der Waals surface area contributed by atoms with Crippen molar-refractivity contribution in [2.45, 2.75) is 19.5 Å². The van der Waals surface area contributed by atoms with Crippen molar-refractivity contribution in [3.63, 3.8) is 0 Å². The highest BCUT2D eigenvalue weighted by molar-refractivity contribution is 6.04. The number of carbonyl (C=O) groups is 1. The molecule has 136 valence electrons. The molecule has 4 nitrogen and oxygen atoms in total. The Morgan fingerprint density at radius 3 is 2.54 bits per heavy atom. The zero-order chi connectivity index (χ0) is 19.1. The molecule has 0 spiro atoms. The quantitative estimate of drug-likeness (QED) is 0.694. The second-order valence-corrected chi connectivity index (χ2v) is 5.48. The first-order valence-electron chi connectivity index (χ1n) is 7.55. The smallest absolute Gasteiger partial charge is 0.318 e. The minimum absolute atomic E-state index is 0.141. The second kappa shape index (κ2) is 6.40. The molecule has 0 unspecified atom stereocenters. The fraction of sp³-hybridized carbons (Fsp3) is 0.176. The minimum Gasteiger partial charge on any atom is -0.318 e. The SMILES string of the molecule is CCc1nc2ccc(C(F)(F)F)cn2c1C(=O)Nc1ccc(F)cc1F. The third kappa shape index (κ3) is 3.24. The first kappa shape index (κ1) is 17.8. The summed E-state index contributed by atoms with van der Waals surface area (Å²) < 4.78 is 66.6. The van der Waals surface area contributed by atoms with E-state index >= 15 is 0 Å². The summed E-state index contributed by atoms with van der Waals surface area (Å²) in [5.41, 5.74) is -0.978. The van der Waals surface area contributed by atoms with Crippen molar-refractivity contribution in [1.82, 2.24) is 9.38 Å². The van der Waals surface area contributed by atoms with E-state index in [1.807, 2.05) is 0 Å². The fourth-order valence-electron chi connectivity index (χ4n) is 2.52. The van der Waals surface area contributed by atoms with Gasteiger partial charge in [0.15, 0.2) is 0 Å². The fourth-order valence-corrected chi connectivity index (χ4v) is 2.52. The van der Waals surface area contributed by atoms with Gasteiger partial charge in [0.1, 0.15) is 23.0 Å². The van der Waals surface area contributed by atoms with Crippen molar-refractivity contribution in [3.05, 3.63) is 65.1 Å². The molecule has 0 atom stereocenters. The number of carbonyl (C=O) groups excluding carboxylic acids is 1. The molecule has 0 aliphatic carbocycles. The van der Waals surface area contributed by atoms with E-state index in [1.165, 1.54) is 0 Å². The van der Waals surface area contributed by atoms with Gasteiger partial charge in [-0.1, -0.05) is 6.92 Å². The van der Waals surface area contributed by atoms with Crippen LogP contribution < -0.4 is 5.32 Å². The van der Waals surface area contributed by atoms with Crippen molar-refractivity contribution in [2.75, 3.05) is 5.32 Å². The maximum absolute atomic E-state index is 13.7. The Kier molecular flexibility index (Phi) is 4.39. The normalized spacial score (nSPS) is 11.8. The van der Waals surface area contributed by atoms with Gasteiger partial charge in [-0.2, -0.15) is 13.2 Å². The molecule has 1 amide bonds. The number of rotatable bonds is 3. The Bertz CT molecular complexity index is 994. The number of aryl methyl sites for hydroxylation is 1. The van der Waals surface area contributed by atoms with Crippen LogP contribution in [0.5, 0.6) is 0 Å². The third-order valence-corrected chi connectivity index (χ3v) is 3.75. The summed E-state index contributed by atoms with van der Waals surface area (Å²) in [7, 11) is 0. The molecule has 0 bridgehead atoms. The number of nitrogens with zero attached hydrogens (tertiary/aromatic N) is 2. The topological polar surface area (TPSA) is 46.4 Å². The summed E-state index contributed by atoms with van der Waals surface area (Å²) in [5.74, 6) is -2.67. The largest absolute Gasteiger partial charge is 0.417 e. The van der Waals surface area contributed by atoms with Gasteiger partial charge in [0.2, 0.25) is 0 Å². The van der Waals surface area contributed by atoms with Crippen LogP contribution in [-0.4, -0.2) is 15.3 Å². The Balaban J connectivity index is 2.08. The van der Waals surface area contributed by atoms with E-state index in [4.69, 9.17) is 0 Å². The Hall–Kier alpha value is -2.97. The van der Waals surface area contributed by atoms with E-state index in [9.17, 15) is 26.7 Å². The van der Waals surface area contributed by atoms with Gasteiger partial charge in [0.25, 0.3) is 5.91 Å². The zero-order valence-corrected chi connectivity index (χ0v) is 13.4. The van der Waals surface area contributed by atoms with Crippen LogP contribution in [0.2, 0.25) is 0 Å². The molecule has 26 heavy (non-hydrogen) atoms. The Morgan fingerprint density at radius 1 is 1.19 bits per heavy atom. The van der Waals surface area contributed by atoms with E-state index in [0.717, 1.165) is 34.9 Å². The molecular formula is C17H12F5N3O. The number of nitrogens with one attached hydrogen (secondary N) is 1. The van der Waals surface area contributed by atoms with Gasteiger partial charge in [-0.15, -0.1) is 0 Å². The monoisotopic (exact) mass is 369 g/mol. The highest BCUT2D eigenvalue weighted by Crippen LogP contribution is 2.30. The van der Waals surface area contributed by atoms with E-state index < -0.39 is 29.3 Å². The number of halogens is 5. The lowest BCUT2D eigenvalue weighted by Crippen LogP contribution is -2.18. The highest BCUT2D eigenvalue weighted by atomic mass is 19.4. The molecule has 0 saturated heterocycles. The number of fused-ring (bicyclic) bond motifs is 1. The van der Waals surface area contributed by atoms with Crippen LogP contribution in [0.3, 0.4) is 0 Å². The molecule has 3 aromatic rings. The lowest BCUT2D eigenvalue weighted by molar-refractivity contribution is -0.137. The highest BCUT2D eigenvalue weighted by Gasteiger charge is 2.32. The third-order valence-electron chi connectivity index (χ3n) is 3.75. The van der Waals surface area contributed by atoms with E-state index in [-0.39, 0.29) is 29.1 Å². The minimum atomic E-state index is -4.60. The Morgan fingerprint density at radius 2 is 1.92 bits per heavy atom. The van der Waals surface area contributed by atoms with Crippen molar-refractivity contribution >= 4 is 17.2 Å². The predicted octanol–water partition coefficient (Wildman–Crippen LogP) is 4.45. The van der Waals surface area contributed by atoms with Crippen LogP contribution in [0.25, 0.3) is 5.65 Å². The van der Waals surface area contributed by atoms with Crippen LogP contribution in [-0.2, 0) is 12.6 Å². The van der Waals surface area contributed by atoms with Gasteiger partial charge >= 0.3 is 6.18 Å². The number of amides is 1. The number of benzene rings is 1. The van der Waals surface area contributed by atoms with Gasteiger partial charge in [-0.25, -0.2) is 13.8 Å². The average molecular weight is 369 g/mol. The molecule has 0 radical (unpaired) electrons. The number of imidazole rings is 1. The maximum Gasteiger partial charge on any atom is 0.417 e. The van der Waals surface area contributed by atoms with Crippen molar-refractivity contribution in [3.8, 4) is 0 Å². The number of hydrogen-bond donors (Lipinski definition) is 1. The zero-order valence-electron chi connectivity index (χ0n) is 13.4. The summed E-state index contributed by atoms with van der Waals surface area (Å²) in [6.45, 7) is 1.68. The molecule has 0 aliphatic rings. The summed E-state index contributed by atoms with van der Waals surface area (Å²) in [4.78, 5) is 16.7. The van der Waals surface area contributed by atoms with Crippen molar-refractivity contribution in [2.24, 2.45) is 0 Å². The van der Waals surface area contributed by atoms with E-state index in [0.29, 0.717) is 6.07 Å². The molecule has 3 rings (SSSR count). The van der Waals surface area contributed by atoms with Crippen molar-refractivity contribution < 1.29 is 26.7 Å². The number of alkyl halides is 3. The summed E-state index contributed by atoms with van der Waals surface area (Å²) in [6.07, 6.45) is -3.56. The Labute approximate surface area is 144 Å². The number of hydrogen-bond acceptors (Lipinski definition) is 2. The van der Waals surface area contributed by atoms with Gasteiger partial charge in [-0.05, 0) is 30.7 Å². The molecule has 1 aromatic carbocycles.